The van der Waals surface area contributed by atoms with Crippen molar-refractivity contribution in [2.45, 2.75) is 90.5 Å². The van der Waals surface area contributed by atoms with Crippen LogP contribution in [0.25, 0.3) is 0 Å². The van der Waals surface area contributed by atoms with Crippen molar-refractivity contribution in [3.05, 3.63) is 29.3 Å². The van der Waals surface area contributed by atoms with Crippen LogP contribution < -0.4 is 4.74 Å². The molecule has 2 atom stereocenters. The summed E-state index contributed by atoms with van der Waals surface area (Å²) >= 11 is 0. The van der Waals surface area contributed by atoms with Gasteiger partial charge in [0, 0.05) is 32.1 Å². The van der Waals surface area contributed by atoms with Gasteiger partial charge in [0.25, 0.3) is 0 Å². The zero-order chi connectivity index (χ0) is 27.3. The smallest absolute Gasteiger partial charge is 0.236 e. The highest BCUT2D eigenvalue weighted by molar-refractivity contribution is 5.78. The fraction of sp³-hybridized carbons (Fsp3) is 0.781. The van der Waals surface area contributed by atoms with Gasteiger partial charge in [0.1, 0.15) is 5.75 Å². The SMILES string of the molecule is CCCCN(CC)CCC1CC(c2ccc3c(c2)CCO3)CN1CC(=O)N(CCCC)CCCCN(C)C. The molecule has 1 saturated heterocycles. The lowest BCUT2D eigenvalue weighted by Crippen LogP contribution is -2.44. The van der Waals surface area contributed by atoms with Crippen LogP contribution >= 0.6 is 0 Å². The Hall–Kier alpha value is -1.63. The highest BCUT2D eigenvalue weighted by Crippen LogP contribution is 2.36. The summed E-state index contributed by atoms with van der Waals surface area (Å²) in [4.78, 5) is 23.2. The second-order valence-corrected chi connectivity index (χ2v) is 11.8. The summed E-state index contributed by atoms with van der Waals surface area (Å²) < 4.78 is 5.76. The minimum atomic E-state index is 0.328. The Balaban J connectivity index is 1.67. The number of fused-ring (bicyclic) bond motifs is 1. The highest BCUT2D eigenvalue weighted by atomic mass is 16.5. The first kappa shape index (κ1) is 30.9. The molecule has 1 amide bonds. The highest BCUT2D eigenvalue weighted by Gasteiger charge is 2.35. The molecule has 0 spiro atoms. The first-order valence-electron chi connectivity index (χ1n) is 15.6. The monoisotopic (exact) mass is 528 g/mol. The summed E-state index contributed by atoms with van der Waals surface area (Å²) in [6.07, 6.45) is 10.3. The molecular formula is C32H56N4O2. The molecular weight excluding hydrogens is 472 g/mol. The number of unbranched alkanes of at least 4 members (excludes halogenated alkanes) is 3. The molecule has 0 radical (unpaired) electrons. The van der Waals surface area contributed by atoms with E-state index < -0.39 is 0 Å². The van der Waals surface area contributed by atoms with Crippen LogP contribution in [0, 0.1) is 0 Å². The molecule has 2 unspecified atom stereocenters. The van der Waals surface area contributed by atoms with Crippen molar-refractivity contribution in [1.82, 2.24) is 19.6 Å². The minimum absolute atomic E-state index is 0.328. The van der Waals surface area contributed by atoms with E-state index in [1.165, 1.54) is 30.5 Å². The number of likely N-dealkylation sites (tertiary alicyclic amines) is 1. The maximum Gasteiger partial charge on any atom is 0.236 e. The van der Waals surface area contributed by atoms with Crippen LogP contribution in [0.2, 0.25) is 0 Å². The van der Waals surface area contributed by atoms with E-state index in [0.717, 1.165) is 96.6 Å². The van der Waals surface area contributed by atoms with Gasteiger partial charge in [-0.1, -0.05) is 45.7 Å². The number of hydrogen-bond donors (Lipinski definition) is 0. The van der Waals surface area contributed by atoms with Gasteiger partial charge >= 0.3 is 0 Å². The molecule has 0 saturated carbocycles. The van der Waals surface area contributed by atoms with Crippen LogP contribution in [-0.4, -0.2) is 105 Å². The lowest BCUT2D eigenvalue weighted by molar-refractivity contribution is -0.132. The molecule has 2 aliphatic heterocycles. The maximum atomic E-state index is 13.7. The van der Waals surface area contributed by atoms with E-state index in [9.17, 15) is 4.79 Å². The average Bonchev–Trinajstić information content (AvgIpc) is 3.54. The van der Waals surface area contributed by atoms with E-state index >= 15 is 0 Å². The van der Waals surface area contributed by atoms with E-state index in [2.05, 4.69) is 72.7 Å². The molecule has 216 valence electrons. The van der Waals surface area contributed by atoms with E-state index in [1.54, 1.807) is 0 Å². The van der Waals surface area contributed by atoms with Gasteiger partial charge < -0.3 is 19.4 Å². The predicted octanol–water partition coefficient (Wildman–Crippen LogP) is 5.26. The molecule has 0 aliphatic carbocycles. The van der Waals surface area contributed by atoms with Crippen molar-refractivity contribution in [3.63, 3.8) is 0 Å². The number of rotatable bonds is 18. The number of ether oxygens (including phenoxy) is 1. The Kier molecular flexibility index (Phi) is 13.4. The van der Waals surface area contributed by atoms with Gasteiger partial charge in [-0.15, -0.1) is 0 Å². The summed E-state index contributed by atoms with van der Waals surface area (Å²) in [5.74, 6) is 1.88. The third-order valence-electron chi connectivity index (χ3n) is 8.52. The zero-order valence-corrected chi connectivity index (χ0v) is 25.2. The predicted molar refractivity (Wildman–Crippen MR) is 159 cm³/mol. The fourth-order valence-corrected chi connectivity index (χ4v) is 6.04. The summed E-state index contributed by atoms with van der Waals surface area (Å²) in [5, 5.41) is 0. The second-order valence-electron chi connectivity index (χ2n) is 11.8. The van der Waals surface area contributed by atoms with Crippen LogP contribution in [0.4, 0.5) is 0 Å². The first-order chi connectivity index (χ1) is 18.4. The van der Waals surface area contributed by atoms with Crippen LogP contribution in [0.1, 0.15) is 89.2 Å². The van der Waals surface area contributed by atoms with E-state index in [0.29, 0.717) is 24.4 Å². The van der Waals surface area contributed by atoms with E-state index in [1.807, 2.05) is 0 Å². The van der Waals surface area contributed by atoms with Crippen molar-refractivity contribution in [2.24, 2.45) is 0 Å². The number of carbonyl (C=O) groups is 1. The Bertz CT molecular complexity index is 830. The summed E-state index contributed by atoms with van der Waals surface area (Å²) in [5.41, 5.74) is 2.79. The van der Waals surface area contributed by atoms with Crippen molar-refractivity contribution in [3.8, 4) is 5.75 Å². The third-order valence-corrected chi connectivity index (χ3v) is 8.52. The number of carbonyl (C=O) groups excluding carboxylic acids is 1. The molecule has 6 nitrogen and oxygen atoms in total. The van der Waals surface area contributed by atoms with Crippen LogP contribution in [0.3, 0.4) is 0 Å². The molecule has 0 aromatic heterocycles. The number of hydrogen-bond acceptors (Lipinski definition) is 5. The fourth-order valence-electron chi connectivity index (χ4n) is 6.04. The molecule has 1 aromatic rings. The topological polar surface area (TPSA) is 39.3 Å². The number of nitrogens with zero attached hydrogens (tertiary/aromatic N) is 4. The standard InChI is InChI=1S/C32H56N4O2/c1-6-9-18-34(8-3)21-15-30-24-29(27-13-14-31-28(23-27)16-22-38-31)25-36(30)26-32(37)35(19-10-7-2)20-12-11-17-33(4)5/h13-14,23,29-30H,6-12,15-22,24-26H2,1-5H3. The van der Waals surface area contributed by atoms with Gasteiger partial charge in [-0.2, -0.15) is 0 Å². The maximum absolute atomic E-state index is 13.7. The van der Waals surface area contributed by atoms with Gasteiger partial charge in [0.05, 0.1) is 13.2 Å². The molecule has 0 bridgehead atoms. The van der Waals surface area contributed by atoms with Crippen molar-refractivity contribution < 1.29 is 9.53 Å². The molecule has 3 rings (SSSR count). The largest absolute Gasteiger partial charge is 0.493 e. The van der Waals surface area contributed by atoms with Crippen LogP contribution in [0.5, 0.6) is 5.75 Å². The van der Waals surface area contributed by atoms with E-state index in [-0.39, 0.29) is 0 Å². The molecule has 6 heteroatoms. The quantitative estimate of drug-likeness (QED) is 0.243. The average molecular weight is 529 g/mol. The molecule has 0 N–H and O–H groups in total. The summed E-state index contributed by atoms with van der Waals surface area (Å²) in [6.45, 7) is 15.4. The molecule has 1 fully saturated rings. The van der Waals surface area contributed by atoms with Gasteiger partial charge in [-0.05, 0) is 102 Å². The molecule has 1 aromatic carbocycles. The Labute approximate surface area is 233 Å². The number of amides is 1. The second kappa shape index (κ2) is 16.5. The Morgan fingerprint density at radius 3 is 2.45 bits per heavy atom. The lowest BCUT2D eigenvalue weighted by atomic mass is 9.93. The zero-order valence-electron chi connectivity index (χ0n) is 25.2. The normalized spacial score (nSPS) is 19.3. The molecule has 2 heterocycles. The van der Waals surface area contributed by atoms with Gasteiger partial charge in [0.15, 0.2) is 0 Å². The Morgan fingerprint density at radius 1 is 0.974 bits per heavy atom. The van der Waals surface area contributed by atoms with Crippen molar-refractivity contribution in [2.75, 3.05) is 73.1 Å². The Morgan fingerprint density at radius 2 is 1.71 bits per heavy atom. The van der Waals surface area contributed by atoms with Gasteiger partial charge in [0.2, 0.25) is 5.91 Å². The molecule has 38 heavy (non-hydrogen) atoms. The van der Waals surface area contributed by atoms with Crippen LogP contribution in [-0.2, 0) is 11.2 Å². The minimum Gasteiger partial charge on any atom is -0.493 e. The van der Waals surface area contributed by atoms with Crippen molar-refractivity contribution >= 4 is 5.91 Å². The third kappa shape index (κ3) is 9.53. The number of benzene rings is 1. The van der Waals surface area contributed by atoms with Gasteiger partial charge in [-0.3, -0.25) is 9.69 Å². The summed E-state index contributed by atoms with van der Waals surface area (Å²) in [7, 11) is 4.25. The van der Waals surface area contributed by atoms with Crippen LogP contribution in [0.15, 0.2) is 18.2 Å². The summed E-state index contributed by atoms with van der Waals surface area (Å²) in [6, 6.07) is 7.29. The lowest BCUT2D eigenvalue weighted by Gasteiger charge is -2.30. The first-order valence-corrected chi connectivity index (χ1v) is 15.6. The van der Waals surface area contributed by atoms with E-state index in [4.69, 9.17) is 4.74 Å². The van der Waals surface area contributed by atoms with Crippen molar-refractivity contribution in [1.29, 1.82) is 0 Å². The molecule has 2 aliphatic rings. The van der Waals surface area contributed by atoms with Gasteiger partial charge in [-0.25, -0.2) is 0 Å².